The van der Waals surface area contributed by atoms with Crippen LogP contribution in [0.1, 0.15) is 41.5 Å². The topological polar surface area (TPSA) is 53.6 Å². The number of urea groups is 1. The van der Waals surface area contributed by atoms with Crippen LogP contribution < -0.4 is 10.0 Å². The summed E-state index contributed by atoms with van der Waals surface area (Å²) in [6.07, 6.45) is 7.86. The van der Waals surface area contributed by atoms with Gasteiger partial charge in [-0.25, -0.2) is 4.79 Å². The van der Waals surface area contributed by atoms with Gasteiger partial charge in [0, 0.05) is 25.0 Å². The Labute approximate surface area is 148 Å². The quantitative estimate of drug-likeness (QED) is 0.450. The molecule has 132 valence electrons. The minimum absolute atomic E-state index is 0.102. The number of nitrogens with one attached hydrogen (secondary N) is 2. The normalized spacial score (nSPS) is 15.5. The van der Waals surface area contributed by atoms with Gasteiger partial charge in [-0.3, -0.25) is 4.72 Å². The number of carbonyl (C=O) groups excluding carboxylic acids is 1. The van der Waals surface area contributed by atoms with Gasteiger partial charge in [-0.15, -0.1) is 0 Å². The van der Waals surface area contributed by atoms with Gasteiger partial charge in [0.05, 0.1) is 7.11 Å². The van der Waals surface area contributed by atoms with Crippen LogP contribution in [0.25, 0.3) is 0 Å². The predicted molar refractivity (Wildman–Crippen MR) is 99.4 cm³/mol. The summed E-state index contributed by atoms with van der Waals surface area (Å²) in [5.74, 6) is 0.867. The zero-order chi connectivity index (χ0) is 16.9. The lowest BCUT2D eigenvalue weighted by molar-refractivity contribution is -0.108. The molecule has 0 saturated heterocycles. The number of fused-ring (bicyclic) bond motifs is 2. The van der Waals surface area contributed by atoms with Gasteiger partial charge >= 0.3 is 6.03 Å². The standard InChI is InChI=1S/C18H27N3O2S/c1-21(23-2)10-5-11-24-20-18(22)19-17-15-8-3-6-13(15)12-14-7-4-9-16(14)17/h12H,3-11H2,1-2H3,(H2,19,20,22). The van der Waals surface area contributed by atoms with Crippen molar-refractivity contribution in [3.63, 3.8) is 0 Å². The summed E-state index contributed by atoms with van der Waals surface area (Å²) < 4.78 is 2.91. The van der Waals surface area contributed by atoms with Gasteiger partial charge in [0.25, 0.3) is 0 Å². The number of benzene rings is 1. The van der Waals surface area contributed by atoms with E-state index in [9.17, 15) is 4.79 Å². The summed E-state index contributed by atoms with van der Waals surface area (Å²) in [4.78, 5) is 17.4. The number of hydroxylamine groups is 2. The molecule has 0 radical (unpaired) electrons. The summed E-state index contributed by atoms with van der Waals surface area (Å²) in [6, 6.07) is 2.28. The van der Waals surface area contributed by atoms with E-state index in [2.05, 4.69) is 16.1 Å². The zero-order valence-electron chi connectivity index (χ0n) is 14.6. The smallest absolute Gasteiger partial charge is 0.307 e. The predicted octanol–water partition coefficient (Wildman–Crippen LogP) is 3.32. The van der Waals surface area contributed by atoms with Gasteiger partial charge in [-0.05, 0) is 79.1 Å². The Balaban J connectivity index is 1.54. The van der Waals surface area contributed by atoms with Crippen molar-refractivity contribution in [1.82, 2.24) is 9.79 Å². The number of anilines is 1. The molecular formula is C18H27N3O2S. The lowest BCUT2D eigenvalue weighted by Gasteiger charge is -2.16. The molecule has 0 aliphatic heterocycles. The summed E-state index contributed by atoms with van der Waals surface area (Å²) in [5.41, 5.74) is 6.74. The Morgan fingerprint density at radius 3 is 2.50 bits per heavy atom. The minimum atomic E-state index is -0.102. The molecule has 0 fully saturated rings. The van der Waals surface area contributed by atoms with Gasteiger partial charge in [0.1, 0.15) is 0 Å². The molecule has 3 rings (SSSR count). The molecular weight excluding hydrogens is 322 g/mol. The van der Waals surface area contributed by atoms with E-state index in [0.29, 0.717) is 0 Å². The van der Waals surface area contributed by atoms with Crippen LogP contribution in [0, 0.1) is 0 Å². The third-order valence-corrected chi connectivity index (χ3v) is 5.73. The second-order valence-electron chi connectivity index (χ2n) is 6.53. The molecule has 0 aromatic heterocycles. The molecule has 2 aliphatic carbocycles. The summed E-state index contributed by atoms with van der Waals surface area (Å²) in [6.45, 7) is 0.854. The maximum Gasteiger partial charge on any atom is 0.329 e. The molecule has 6 heteroatoms. The van der Waals surface area contributed by atoms with Gasteiger partial charge in [-0.1, -0.05) is 6.07 Å². The van der Waals surface area contributed by atoms with Crippen molar-refractivity contribution in [3.05, 3.63) is 28.3 Å². The summed E-state index contributed by atoms with van der Waals surface area (Å²) in [7, 11) is 3.57. The largest absolute Gasteiger partial charge is 0.329 e. The van der Waals surface area contributed by atoms with Crippen LogP contribution in [0.2, 0.25) is 0 Å². The van der Waals surface area contributed by atoms with Gasteiger partial charge in [0.15, 0.2) is 0 Å². The van der Waals surface area contributed by atoms with E-state index in [1.54, 1.807) is 12.2 Å². The molecule has 5 nitrogen and oxygen atoms in total. The average molecular weight is 350 g/mol. The highest BCUT2D eigenvalue weighted by Crippen LogP contribution is 2.38. The van der Waals surface area contributed by atoms with Crippen LogP contribution in [0.4, 0.5) is 10.5 Å². The Bertz CT molecular complexity index is 574. The van der Waals surface area contributed by atoms with Gasteiger partial charge < -0.3 is 10.2 Å². The molecule has 2 aliphatic rings. The van der Waals surface area contributed by atoms with Crippen molar-refractivity contribution in [1.29, 1.82) is 0 Å². The number of amides is 2. The van der Waals surface area contributed by atoms with E-state index in [-0.39, 0.29) is 6.03 Å². The molecule has 0 spiro atoms. The molecule has 0 unspecified atom stereocenters. The van der Waals surface area contributed by atoms with Crippen molar-refractivity contribution >= 4 is 23.7 Å². The van der Waals surface area contributed by atoms with Gasteiger partial charge in [0.2, 0.25) is 0 Å². The number of nitrogens with zero attached hydrogens (tertiary/aromatic N) is 1. The second-order valence-corrected chi connectivity index (χ2v) is 7.43. The molecule has 2 N–H and O–H groups in total. The highest BCUT2D eigenvalue weighted by atomic mass is 32.2. The molecule has 24 heavy (non-hydrogen) atoms. The molecule has 0 heterocycles. The van der Waals surface area contributed by atoms with Crippen molar-refractivity contribution in [2.75, 3.05) is 31.8 Å². The number of hydrogen-bond donors (Lipinski definition) is 2. The van der Waals surface area contributed by atoms with Crippen molar-refractivity contribution in [2.24, 2.45) is 0 Å². The fourth-order valence-electron chi connectivity index (χ4n) is 3.67. The molecule has 1 aromatic carbocycles. The van der Waals surface area contributed by atoms with Crippen LogP contribution in [0.5, 0.6) is 0 Å². The third kappa shape index (κ3) is 4.05. The van der Waals surface area contributed by atoms with E-state index in [1.165, 1.54) is 47.0 Å². The first-order valence-corrected chi connectivity index (χ1v) is 9.78. The zero-order valence-corrected chi connectivity index (χ0v) is 15.4. The first-order chi connectivity index (χ1) is 11.7. The Morgan fingerprint density at radius 2 is 1.88 bits per heavy atom. The van der Waals surface area contributed by atoms with E-state index in [1.807, 2.05) is 7.05 Å². The Hall–Kier alpha value is -1.24. The van der Waals surface area contributed by atoms with E-state index >= 15 is 0 Å². The van der Waals surface area contributed by atoms with Crippen LogP contribution in [0.15, 0.2) is 6.07 Å². The molecule has 0 bridgehead atoms. The molecule has 2 amide bonds. The SMILES string of the molecule is CON(C)CCCSNC(=O)Nc1c2c(cc3c1CCC3)CCC2. The van der Waals surface area contributed by atoms with E-state index in [0.717, 1.165) is 50.1 Å². The lowest BCUT2D eigenvalue weighted by Crippen LogP contribution is -2.25. The van der Waals surface area contributed by atoms with Gasteiger partial charge in [-0.2, -0.15) is 5.06 Å². The van der Waals surface area contributed by atoms with E-state index < -0.39 is 0 Å². The molecule has 0 atom stereocenters. The fraction of sp³-hybridized carbons (Fsp3) is 0.611. The maximum atomic E-state index is 12.3. The molecule has 1 aromatic rings. The maximum absolute atomic E-state index is 12.3. The van der Waals surface area contributed by atoms with E-state index in [4.69, 9.17) is 4.84 Å². The number of carbonyl (C=O) groups is 1. The highest BCUT2D eigenvalue weighted by molar-refractivity contribution is 7.97. The lowest BCUT2D eigenvalue weighted by atomic mass is 9.99. The van der Waals surface area contributed by atoms with Crippen molar-refractivity contribution in [2.45, 2.75) is 44.9 Å². The first kappa shape index (κ1) is 17.6. The second kappa shape index (κ2) is 8.23. The Kier molecular flexibility index (Phi) is 6.03. The van der Waals surface area contributed by atoms with Crippen LogP contribution in [-0.4, -0.2) is 37.5 Å². The van der Waals surface area contributed by atoms with Crippen molar-refractivity contribution < 1.29 is 9.63 Å². The van der Waals surface area contributed by atoms with Crippen LogP contribution in [-0.2, 0) is 30.5 Å². The summed E-state index contributed by atoms with van der Waals surface area (Å²) in [5, 5.41) is 4.94. The number of hydrogen-bond acceptors (Lipinski definition) is 4. The monoisotopic (exact) mass is 349 g/mol. The average Bonchev–Trinajstić information content (AvgIpc) is 3.22. The van der Waals surface area contributed by atoms with Crippen LogP contribution in [0.3, 0.4) is 0 Å². The molecule has 0 saturated carbocycles. The Morgan fingerprint density at radius 1 is 1.21 bits per heavy atom. The minimum Gasteiger partial charge on any atom is -0.307 e. The number of rotatable bonds is 7. The summed E-state index contributed by atoms with van der Waals surface area (Å²) >= 11 is 1.46. The highest BCUT2D eigenvalue weighted by Gasteiger charge is 2.24. The first-order valence-electron chi connectivity index (χ1n) is 8.79. The fourth-order valence-corrected chi connectivity index (χ4v) is 4.23. The van der Waals surface area contributed by atoms with Crippen LogP contribution >= 0.6 is 11.9 Å². The van der Waals surface area contributed by atoms with Crippen molar-refractivity contribution in [3.8, 4) is 0 Å². The number of aryl methyl sites for hydroxylation is 2. The third-order valence-electron chi connectivity index (χ3n) is 4.91.